The molecule has 0 aliphatic heterocycles. The number of ether oxygens (including phenoxy) is 3. The fourth-order valence-corrected chi connectivity index (χ4v) is 8.70. The summed E-state index contributed by atoms with van der Waals surface area (Å²) in [6.07, 6.45) is 6.90. The summed E-state index contributed by atoms with van der Waals surface area (Å²) < 4.78 is 18.3. The van der Waals surface area contributed by atoms with Gasteiger partial charge in [-0.25, -0.2) is 38.6 Å². The number of carboxylic acid groups (broad SMARTS) is 1. The molecule has 10 rings (SSSR count). The number of aromatic carboxylic acids is 1. The van der Waals surface area contributed by atoms with Crippen molar-refractivity contribution in [3.05, 3.63) is 118 Å². The molecule has 0 radical (unpaired) electrons. The number of nitrogens with zero attached hydrogens (tertiary/aromatic N) is 10. The van der Waals surface area contributed by atoms with Gasteiger partial charge < -0.3 is 50.4 Å². The first-order chi connectivity index (χ1) is 34.4. The van der Waals surface area contributed by atoms with Gasteiger partial charge in [0.2, 0.25) is 0 Å². The van der Waals surface area contributed by atoms with Gasteiger partial charge in [-0.1, -0.05) is 24.3 Å². The molecule has 2 aromatic carbocycles. The van der Waals surface area contributed by atoms with Gasteiger partial charge in [0, 0.05) is 51.4 Å². The zero-order chi connectivity index (χ0) is 49.8. The highest BCUT2D eigenvalue weighted by Crippen LogP contribution is 2.32. The summed E-state index contributed by atoms with van der Waals surface area (Å²) >= 11 is 2.41. The van der Waals surface area contributed by atoms with Crippen molar-refractivity contribution in [3.8, 4) is 11.5 Å². The lowest BCUT2D eigenvalue weighted by molar-refractivity contribution is 0.0594. The summed E-state index contributed by atoms with van der Waals surface area (Å²) in [4.78, 5) is 70.4. The largest absolute Gasteiger partial charge is 0.497 e. The normalized spacial score (nSPS) is 12.9. The van der Waals surface area contributed by atoms with E-state index in [0.717, 1.165) is 65.3 Å². The molecule has 0 saturated heterocycles. The molecule has 2 saturated carbocycles. The Balaban J connectivity index is 0.000000176. The van der Waals surface area contributed by atoms with Crippen LogP contribution < -0.4 is 40.5 Å². The number of benzene rings is 2. The van der Waals surface area contributed by atoms with Gasteiger partial charge in [0.25, 0.3) is 11.8 Å². The number of anilines is 6. The topological polar surface area (TPSA) is 257 Å². The highest BCUT2D eigenvalue weighted by molar-refractivity contribution is 7.14. The highest BCUT2D eigenvalue weighted by Gasteiger charge is 2.29. The van der Waals surface area contributed by atoms with Gasteiger partial charge >= 0.3 is 11.9 Å². The third kappa shape index (κ3) is 10.9. The lowest BCUT2D eigenvalue weighted by Gasteiger charge is -2.21. The van der Waals surface area contributed by atoms with Crippen LogP contribution in [0.3, 0.4) is 0 Å². The van der Waals surface area contributed by atoms with Crippen LogP contribution in [0.2, 0.25) is 0 Å². The number of carbonyl (C=O) groups excluding carboxylic acids is 3. The first-order valence-corrected chi connectivity index (χ1v) is 24.0. The van der Waals surface area contributed by atoms with Crippen LogP contribution in [-0.4, -0.2) is 116 Å². The second-order valence-corrected chi connectivity index (χ2v) is 18.3. The van der Waals surface area contributed by atoms with E-state index in [4.69, 9.17) is 14.2 Å². The third-order valence-electron chi connectivity index (χ3n) is 11.4. The number of fused-ring (bicyclic) bond motifs is 2. The van der Waals surface area contributed by atoms with E-state index in [1.165, 1.54) is 45.4 Å². The molecule has 366 valence electrons. The first kappa shape index (κ1) is 47.7. The number of rotatable bonds is 18. The smallest absolute Gasteiger partial charge is 0.359 e. The maximum Gasteiger partial charge on any atom is 0.359 e. The summed E-state index contributed by atoms with van der Waals surface area (Å²) in [7, 11) is 8.41. The molecule has 2 amide bonds. The van der Waals surface area contributed by atoms with E-state index >= 15 is 0 Å². The summed E-state index contributed by atoms with van der Waals surface area (Å²) in [5.41, 5.74) is 8.32. The van der Waals surface area contributed by atoms with Gasteiger partial charge in [0.1, 0.15) is 21.5 Å². The van der Waals surface area contributed by atoms with Crippen LogP contribution in [0, 0.1) is 0 Å². The Morgan fingerprint density at radius 3 is 1.46 bits per heavy atom. The average molecular weight is 1000 g/mol. The number of aromatic nitrogens is 8. The van der Waals surface area contributed by atoms with Crippen molar-refractivity contribution in [2.75, 3.05) is 55.9 Å². The van der Waals surface area contributed by atoms with Crippen LogP contribution in [0.1, 0.15) is 78.8 Å². The maximum atomic E-state index is 12.9. The van der Waals surface area contributed by atoms with Crippen LogP contribution in [0.15, 0.2) is 84.1 Å². The van der Waals surface area contributed by atoms with Crippen LogP contribution in [0.4, 0.5) is 33.0 Å². The van der Waals surface area contributed by atoms with Crippen molar-refractivity contribution in [1.82, 2.24) is 49.8 Å². The van der Waals surface area contributed by atoms with Gasteiger partial charge in [-0.3, -0.25) is 9.59 Å². The Labute approximate surface area is 413 Å². The minimum atomic E-state index is -1.14. The Morgan fingerprint density at radius 2 is 1.07 bits per heavy atom. The Morgan fingerprint density at radius 1 is 0.648 bits per heavy atom. The maximum absolute atomic E-state index is 12.9. The van der Waals surface area contributed by atoms with Crippen LogP contribution in [0.5, 0.6) is 11.5 Å². The molecular weight excluding hydrogens is 953 g/mol. The molecule has 5 N–H and O–H groups in total. The van der Waals surface area contributed by atoms with E-state index in [1.54, 1.807) is 25.8 Å². The van der Waals surface area contributed by atoms with Crippen LogP contribution in [0.25, 0.3) is 11.3 Å². The highest BCUT2D eigenvalue weighted by atomic mass is 32.1. The number of nitrogens with one attached hydrogen (secondary N) is 4. The molecule has 2 fully saturated rings. The number of methoxy groups -OCH3 is 3. The molecule has 0 unspecified atom stereocenters. The van der Waals surface area contributed by atoms with Crippen molar-refractivity contribution in [2.24, 2.45) is 0 Å². The zero-order valence-electron chi connectivity index (χ0n) is 39.1. The van der Waals surface area contributed by atoms with E-state index in [2.05, 4.69) is 51.4 Å². The van der Waals surface area contributed by atoms with Crippen molar-refractivity contribution < 1.29 is 38.5 Å². The zero-order valence-corrected chi connectivity index (χ0v) is 40.7. The SMILES string of the molecule is COC(=O)c1ncsc1Nc1cc(N(C)Cc2ccc(OC)cc2)c2ncc(C(=O)NC3CC3)n2n1.COc1ccc(CN(C)c2cc(Nc3scnc3C(=O)O)nn3c(C(=O)NC4CC4)cnc23)cc1. The fraction of sp³-hybridized carbons (Fsp3) is 0.277. The quantitative estimate of drug-likeness (QED) is 0.0581. The van der Waals surface area contributed by atoms with Gasteiger partial charge in [-0.2, -0.15) is 0 Å². The summed E-state index contributed by atoms with van der Waals surface area (Å²) in [6.45, 7) is 1.13. The van der Waals surface area contributed by atoms with Crippen LogP contribution in [-0.2, 0) is 17.8 Å². The fourth-order valence-electron chi connectivity index (χ4n) is 7.35. The Kier molecular flexibility index (Phi) is 13.9. The number of carbonyl (C=O) groups is 4. The number of amides is 2. The Hall–Kier alpha value is -8.38. The second-order valence-electron chi connectivity index (χ2n) is 16.6. The molecular formula is C47H48N14O8S2. The molecule has 0 atom stereocenters. The predicted molar refractivity (Wildman–Crippen MR) is 266 cm³/mol. The van der Waals surface area contributed by atoms with Crippen molar-refractivity contribution >= 4 is 90.7 Å². The van der Waals surface area contributed by atoms with Gasteiger partial charge in [0.05, 0.1) is 56.1 Å². The van der Waals surface area contributed by atoms with E-state index in [9.17, 15) is 24.3 Å². The minimum Gasteiger partial charge on any atom is -0.497 e. The third-order valence-corrected chi connectivity index (χ3v) is 12.9. The number of esters is 1. The van der Waals surface area contributed by atoms with Crippen molar-refractivity contribution in [2.45, 2.75) is 50.9 Å². The summed E-state index contributed by atoms with van der Waals surface area (Å²) in [5, 5.41) is 31.6. The molecule has 22 nitrogen and oxygen atoms in total. The van der Waals surface area contributed by atoms with Gasteiger partial charge in [0.15, 0.2) is 45.7 Å². The van der Waals surface area contributed by atoms with Crippen molar-refractivity contribution in [1.29, 1.82) is 0 Å². The average Bonchev–Trinajstić information content (AvgIpc) is 4.10. The standard InChI is InChI=1S/C24H25N7O4S.C23H23N7O4S/c1-30(12-14-4-8-16(34-2)9-5-14)17-10-19(28-23-20(24(33)35-3)26-13-36-23)29-31-18(11-25-21(17)31)22(32)27-15-6-7-15;1-29(11-13-3-7-15(34-2)8-4-13)16-9-18(27-22-19(23(32)33)25-12-35-22)28-30-17(10-24-20(16)30)21(31)26-14-5-6-14/h4-5,8-11,13,15H,6-7,12H2,1-3H3,(H,27,32)(H,28,29);3-4,7-10,12,14H,5-6,11H2,1-2H3,(H,26,31)(H,27,28)(H,32,33). The number of thiazole rings is 2. The molecule has 71 heavy (non-hydrogen) atoms. The van der Waals surface area contributed by atoms with E-state index in [1.807, 2.05) is 78.5 Å². The van der Waals surface area contributed by atoms with E-state index in [0.29, 0.717) is 63.1 Å². The monoisotopic (exact) mass is 1000 g/mol. The molecule has 6 heterocycles. The summed E-state index contributed by atoms with van der Waals surface area (Å²) in [5.74, 6) is 0.162. The molecule has 6 aromatic heterocycles. The molecule has 0 spiro atoms. The number of carboxylic acids is 1. The summed E-state index contributed by atoms with van der Waals surface area (Å²) in [6, 6.07) is 19.5. The second kappa shape index (κ2) is 20.7. The molecule has 24 heteroatoms. The molecule has 8 aromatic rings. The van der Waals surface area contributed by atoms with E-state index < -0.39 is 11.9 Å². The van der Waals surface area contributed by atoms with E-state index in [-0.39, 0.29) is 35.3 Å². The molecule has 2 aliphatic carbocycles. The number of imidazole rings is 2. The number of hydrogen-bond donors (Lipinski definition) is 5. The predicted octanol–water partition coefficient (Wildman–Crippen LogP) is 6.42. The van der Waals surface area contributed by atoms with Gasteiger partial charge in [-0.05, 0) is 61.1 Å². The molecule has 0 bridgehead atoms. The van der Waals surface area contributed by atoms with Crippen molar-refractivity contribution in [3.63, 3.8) is 0 Å². The number of hydrogen-bond acceptors (Lipinski definition) is 19. The Bertz CT molecular complexity index is 3240. The minimum absolute atomic E-state index is 0.0950. The lowest BCUT2D eigenvalue weighted by atomic mass is 10.2. The van der Waals surface area contributed by atoms with Crippen LogP contribution >= 0.6 is 22.7 Å². The lowest BCUT2D eigenvalue weighted by Crippen LogP contribution is -2.27. The van der Waals surface area contributed by atoms with Gasteiger partial charge in [-0.15, -0.1) is 32.9 Å². The first-order valence-electron chi connectivity index (χ1n) is 22.2. The molecule has 2 aliphatic rings.